The zero-order valence-electron chi connectivity index (χ0n) is 10.2. The lowest BCUT2D eigenvalue weighted by Gasteiger charge is -2.17. The lowest BCUT2D eigenvalue weighted by atomic mass is 9.81. The molecule has 6 nitrogen and oxygen atoms in total. The van der Waals surface area contributed by atoms with Gasteiger partial charge in [0.2, 0.25) is 0 Å². The van der Waals surface area contributed by atoms with E-state index in [1.807, 2.05) is 0 Å². The van der Waals surface area contributed by atoms with Gasteiger partial charge in [0.1, 0.15) is 7.85 Å². The van der Waals surface area contributed by atoms with E-state index in [-0.39, 0.29) is 5.76 Å². The first-order valence-electron chi connectivity index (χ1n) is 5.57. The molecule has 0 saturated heterocycles. The first-order valence-corrected chi connectivity index (χ1v) is 6.66. The molecule has 2 radical (unpaired) electrons. The minimum Gasteiger partial charge on any atom is -0.506 e. The molecule has 0 fully saturated rings. The average Bonchev–Trinajstić information content (AvgIpc) is 2.61. The van der Waals surface area contributed by atoms with Crippen molar-refractivity contribution in [3.05, 3.63) is 41.9 Å². The Morgan fingerprint density at radius 1 is 1.50 bits per heavy atom. The summed E-state index contributed by atoms with van der Waals surface area (Å²) in [6.07, 6.45) is -1.55. The van der Waals surface area contributed by atoms with Gasteiger partial charge < -0.3 is 9.84 Å². The number of rotatable bonds is 5. The normalized spacial score (nSPS) is 26.3. The lowest BCUT2D eigenvalue weighted by Crippen LogP contribution is -2.43. The van der Waals surface area contributed by atoms with Crippen molar-refractivity contribution in [3.8, 4) is 5.75 Å². The summed E-state index contributed by atoms with van der Waals surface area (Å²) in [5, 5.41) is 9.45. The van der Waals surface area contributed by atoms with Crippen LogP contribution in [-0.2, 0) is 13.8 Å². The first kappa shape index (κ1) is 14.8. The van der Waals surface area contributed by atoms with E-state index in [9.17, 15) is 14.1 Å². The van der Waals surface area contributed by atoms with Gasteiger partial charge in [0.25, 0.3) is 0 Å². The van der Waals surface area contributed by atoms with Crippen LogP contribution in [0, 0.1) is 0 Å². The van der Waals surface area contributed by atoms with Crippen LogP contribution < -0.4 is 10.3 Å². The average molecular weight is 298 g/mol. The maximum absolute atomic E-state index is 13.6. The van der Waals surface area contributed by atoms with E-state index in [1.54, 1.807) is 30.3 Å². The SMILES string of the molecule is [B]C1(F)C(O)=C(CO[P+](=O)Oc2ccccc2)OC1N. The van der Waals surface area contributed by atoms with E-state index in [0.717, 1.165) is 0 Å². The van der Waals surface area contributed by atoms with Gasteiger partial charge in [-0.15, -0.1) is 4.52 Å². The summed E-state index contributed by atoms with van der Waals surface area (Å²) in [7, 11) is 2.58. The Balaban J connectivity index is 1.90. The maximum atomic E-state index is 13.6. The van der Waals surface area contributed by atoms with Crippen molar-refractivity contribution < 1.29 is 27.8 Å². The summed E-state index contributed by atoms with van der Waals surface area (Å²) in [5.41, 5.74) is 2.55. The van der Waals surface area contributed by atoms with Crippen molar-refractivity contribution in [2.75, 3.05) is 6.61 Å². The monoisotopic (exact) mass is 298 g/mol. The number of para-hydroxylation sites is 1. The van der Waals surface area contributed by atoms with Crippen molar-refractivity contribution in [3.63, 3.8) is 0 Å². The van der Waals surface area contributed by atoms with Crippen molar-refractivity contribution in [2.45, 2.75) is 11.8 Å². The van der Waals surface area contributed by atoms with Crippen LogP contribution in [0.25, 0.3) is 0 Å². The second-order valence-electron chi connectivity index (χ2n) is 3.98. The highest BCUT2D eigenvalue weighted by atomic mass is 31.1. The number of ether oxygens (including phenoxy) is 1. The van der Waals surface area contributed by atoms with Gasteiger partial charge in [-0.3, -0.25) is 5.73 Å². The van der Waals surface area contributed by atoms with Crippen LogP contribution in [0.5, 0.6) is 5.75 Å². The molecule has 0 bridgehead atoms. The van der Waals surface area contributed by atoms with E-state index in [2.05, 4.69) is 0 Å². The van der Waals surface area contributed by atoms with E-state index in [4.69, 9.17) is 27.4 Å². The summed E-state index contributed by atoms with van der Waals surface area (Å²) in [6, 6.07) is 8.32. The third kappa shape index (κ3) is 3.09. The summed E-state index contributed by atoms with van der Waals surface area (Å²) in [5.74, 6) is -0.856. The molecular formula is C11H11BFNO5P+. The number of hydrogen-bond acceptors (Lipinski definition) is 6. The molecule has 1 aliphatic rings. The number of benzene rings is 1. The Morgan fingerprint density at radius 3 is 2.70 bits per heavy atom. The van der Waals surface area contributed by atoms with E-state index < -0.39 is 32.4 Å². The molecule has 0 spiro atoms. The van der Waals surface area contributed by atoms with Gasteiger partial charge in [0.15, 0.2) is 35.7 Å². The van der Waals surface area contributed by atoms with Crippen LogP contribution >= 0.6 is 8.25 Å². The van der Waals surface area contributed by atoms with Crippen LogP contribution in [0.3, 0.4) is 0 Å². The quantitative estimate of drug-likeness (QED) is 0.634. The Bertz CT molecular complexity index is 539. The lowest BCUT2D eigenvalue weighted by molar-refractivity contribution is 0.0618. The van der Waals surface area contributed by atoms with Gasteiger partial charge in [0.05, 0.1) is 0 Å². The second-order valence-corrected chi connectivity index (χ2v) is 4.87. The molecule has 1 aromatic carbocycles. The van der Waals surface area contributed by atoms with Crippen molar-refractivity contribution in [2.24, 2.45) is 5.73 Å². The maximum Gasteiger partial charge on any atom is 0.750 e. The van der Waals surface area contributed by atoms with E-state index in [1.165, 1.54) is 0 Å². The summed E-state index contributed by atoms with van der Waals surface area (Å²) in [4.78, 5) is 0. The summed E-state index contributed by atoms with van der Waals surface area (Å²) in [6.45, 7) is -0.482. The Labute approximate surface area is 116 Å². The van der Waals surface area contributed by atoms with Crippen LogP contribution in [0.1, 0.15) is 0 Å². The molecule has 9 heteroatoms. The van der Waals surface area contributed by atoms with E-state index in [0.29, 0.717) is 5.75 Å². The van der Waals surface area contributed by atoms with Crippen molar-refractivity contribution >= 4 is 16.1 Å². The van der Waals surface area contributed by atoms with Gasteiger partial charge in [-0.2, -0.15) is 0 Å². The fraction of sp³-hybridized carbons (Fsp3) is 0.273. The first-order chi connectivity index (χ1) is 9.41. The molecule has 104 valence electrons. The molecular weight excluding hydrogens is 287 g/mol. The zero-order valence-corrected chi connectivity index (χ0v) is 11.1. The number of alkyl halides is 1. The minimum absolute atomic E-state index is 0.317. The fourth-order valence-electron chi connectivity index (χ4n) is 1.45. The van der Waals surface area contributed by atoms with Crippen LogP contribution in [0.4, 0.5) is 4.39 Å². The van der Waals surface area contributed by atoms with E-state index >= 15 is 0 Å². The van der Waals surface area contributed by atoms with Gasteiger partial charge in [0, 0.05) is 4.57 Å². The summed E-state index contributed by atoms with van der Waals surface area (Å²) < 4.78 is 39.6. The molecule has 0 aromatic heterocycles. The predicted octanol–water partition coefficient (Wildman–Crippen LogP) is 1.66. The third-order valence-electron chi connectivity index (χ3n) is 2.53. The number of halogens is 1. The molecule has 0 aliphatic carbocycles. The van der Waals surface area contributed by atoms with Crippen molar-refractivity contribution in [1.82, 2.24) is 0 Å². The molecule has 20 heavy (non-hydrogen) atoms. The summed E-state index contributed by atoms with van der Waals surface area (Å²) >= 11 is 0. The molecule has 2 rings (SSSR count). The highest BCUT2D eigenvalue weighted by Crippen LogP contribution is 2.34. The van der Waals surface area contributed by atoms with Gasteiger partial charge in [-0.1, -0.05) is 18.2 Å². The molecule has 1 heterocycles. The highest BCUT2D eigenvalue weighted by Gasteiger charge is 2.46. The number of nitrogens with two attached hydrogens (primary N) is 1. The molecule has 0 saturated carbocycles. The minimum atomic E-state index is -2.69. The second kappa shape index (κ2) is 5.79. The molecule has 3 unspecified atom stereocenters. The standard InChI is InChI=1S/C11H10BFNO5P/c12-11(13)9(15)8(18-10(11)14)6-17-20(16)19-7-4-2-1-3-5-7/h1-5,10H,6,14H2/p+1. The molecule has 1 aliphatic heterocycles. The fourth-order valence-corrected chi connectivity index (χ4v) is 2.02. The number of aliphatic hydroxyl groups is 1. The largest absolute Gasteiger partial charge is 0.750 e. The molecule has 0 amide bonds. The molecule has 3 atom stereocenters. The third-order valence-corrected chi connectivity index (χ3v) is 3.23. The van der Waals surface area contributed by atoms with Gasteiger partial charge in [-0.05, 0) is 12.1 Å². The van der Waals surface area contributed by atoms with Crippen LogP contribution in [-0.4, -0.2) is 31.4 Å². The predicted molar refractivity (Wildman–Crippen MR) is 68.9 cm³/mol. The van der Waals surface area contributed by atoms with Crippen molar-refractivity contribution in [1.29, 1.82) is 0 Å². The Hall–Kier alpha value is -1.63. The Kier molecular flexibility index (Phi) is 4.28. The molecule has 3 N–H and O–H groups in total. The topological polar surface area (TPSA) is 91.0 Å². The van der Waals surface area contributed by atoms with Gasteiger partial charge in [-0.25, -0.2) is 8.91 Å². The zero-order chi connectivity index (χ0) is 14.8. The number of hydrogen-bond donors (Lipinski definition) is 2. The molecule has 1 aromatic rings. The van der Waals surface area contributed by atoms with Crippen LogP contribution in [0.15, 0.2) is 41.9 Å². The Morgan fingerprint density at radius 2 is 2.15 bits per heavy atom. The van der Waals surface area contributed by atoms with Crippen LogP contribution in [0.2, 0.25) is 0 Å². The number of aliphatic hydroxyl groups excluding tert-OH is 1. The highest BCUT2D eigenvalue weighted by molar-refractivity contribution is 7.33. The van der Waals surface area contributed by atoms with Gasteiger partial charge >= 0.3 is 8.25 Å². The smallest absolute Gasteiger partial charge is 0.506 e.